The number of rotatable bonds is 0. The van der Waals surface area contributed by atoms with Gasteiger partial charge in [0.1, 0.15) is 0 Å². The SMILES string of the molecule is Cl.O=C(O)N1CC2(CCC2)N1. The average molecular weight is 179 g/mol. The second kappa shape index (κ2) is 2.53. The fourth-order valence-electron chi connectivity index (χ4n) is 1.56. The average Bonchev–Trinajstić information content (AvgIpc) is 1.54. The molecule has 4 nitrogen and oxygen atoms in total. The number of nitrogens with zero attached hydrogens (tertiary/aromatic N) is 1. The van der Waals surface area contributed by atoms with Gasteiger partial charge in [-0.25, -0.2) is 15.2 Å². The van der Waals surface area contributed by atoms with Gasteiger partial charge in [-0.3, -0.25) is 0 Å². The van der Waals surface area contributed by atoms with Gasteiger partial charge >= 0.3 is 6.09 Å². The highest BCUT2D eigenvalue weighted by Crippen LogP contribution is 2.37. The van der Waals surface area contributed by atoms with Gasteiger partial charge in [0.2, 0.25) is 0 Å². The summed E-state index contributed by atoms with van der Waals surface area (Å²) in [6.07, 6.45) is 2.64. The largest absolute Gasteiger partial charge is 0.464 e. The van der Waals surface area contributed by atoms with Crippen molar-refractivity contribution in [3.63, 3.8) is 0 Å². The number of nitrogens with one attached hydrogen (secondary N) is 1. The summed E-state index contributed by atoms with van der Waals surface area (Å²) in [5.41, 5.74) is 3.12. The number of hydrogen-bond acceptors (Lipinski definition) is 2. The zero-order chi connectivity index (χ0) is 7.19. The molecule has 2 aliphatic rings. The Morgan fingerprint density at radius 3 is 2.36 bits per heavy atom. The summed E-state index contributed by atoms with van der Waals surface area (Å²) in [7, 11) is 0. The number of carbonyl (C=O) groups is 1. The zero-order valence-electron chi connectivity index (χ0n) is 6.04. The van der Waals surface area contributed by atoms with Crippen LogP contribution in [-0.2, 0) is 0 Å². The van der Waals surface area contributed by atoms with Crippen LogP contribution in [0.5, 0.6) is 0 Å². The molecule has 2 N–H and O–H groups in total. The Morgan fingerprint density at radius 1 is 1.55 bits per heavy atom. The molecular weight excluding hydrogens is 168 g/mol. The van der Waals surface area contributed by atoms with E-state index in [2.05, 4.69) is 5.43 Å². The lowest BCUT2D eigenvalue weighted by molar-refractivity contribution is -0.0596. The molecule has 1 spiro atoms. The van der Waals surface area contributed by atoms with E-state index in [4.69, 9.17) is 5.11 Å². The molecule has 0 atom stereocenters. The van der Waals surface area contributed by atoms with E-state index in [0.29, 0.717) is 6.54 Å². The molecule has 0 radical (unpaired) electrons. The van der Waals surface area contributed by atoms with Gasteiger partial charge in [0.15, 0.2) is 0 Å². The molecule has 2 rings (SSSR count). The Bertz CT molecular complexity index is 173. The summed E-state index contributed by atoms with van der Waals surface area (Å²) in [6.45, 7) is 0.683. The first-order valence-corrected chi connectivity index (χ1v) is 3.50. The van der Waals surface area contributed by atoms with E-state index in [1.807, 2.05) is 0 Å². The maximum Gasteiger partial charge on any atom is 0.421 e. The molecule has 1 saturated carbocycles. The third-order valence-corrected chi connectivity index (χ3v) is 2.37. The highest BCUT2D eigenvalue weighted by molar-refractivity contribution is 5.85. The van der Waals surface area contributed by atoms with Crippen molar-refractivity contribution in [2.45, 2.75) is 24.8 Å². The van der Waals surface area contributed by atoms with Crippen LogP contribution in [0.2, 0.25) is 0 Å². The van der Waals surface area contributed by atoms with E-state index < -0.39 is 6.09 Å². The lowest BCUT2D eigenvalue weighted by Gasteiger charge is -2.55. The Labute approximate surface area is 70.9 Å². The molecule has 5 heteroatoms. The van der Waals surface area contributed by atoms with Crippen molar-refractivity contribution in [1.82, 2.24) is 10.4 Å². The van der Waals surface area contributed by atoms with Crippen LogP contribution in [0.25, 0.3) is 0 Å². The summed E-state index contributed by atoms with van der Waals surface area (Å²) < 4.78 is 0. The minimum absolute atomic E-state index is 0. The van der Waals surface area contributed by atoms with Gasteiger partial charge in [-0.2, -0.15) is 0 Å². The van der Waals surface area contributed by atoms with Crippen LogP contribution in [-0.4, -0.2) is 28.3 Å². The van der Waals surface area contributed by atoms with E-state index in [1.165, 1.54) is 11.4 Å². The summed E-state index contributed by atoms with van der Waals surface area (Å²) in [5.74, 6) is 0. The molecule has 0 aromatic heterocycles. The van der Waals surface area contributed by atoms with Crippen LogP contribution in [0.15, 0.2) is 0 Å². The zero-order valence-corrected chi connectivity index (χ0v) is 6.86. The first kappa shape index (κ1) is 8.62. The smallest absolute Gasteiger partial charge is 0.421 e. The van der Waals surface area contributed by atoms with Crippen LogP contribution in [0.4, 0.5) is 4.79 Å². The first-order chi connectivity index (χ1) is 4.72. The molecule has 1 heterocycles. The highest BCUT2D eigenvalue weighted by atomic mass is 35.5. The monoisotopic (exact) mass is 178 g/mol. The molecule has 0 aromatic carbocycles. The Morgan fingerprint density at radius 2 is 2.09 bits per heavy atom. The van der Waals surface area contributed by atoms with Crippen molar-refractivity contribution >= 4 is 18.5 Å². The molecule has 1 saturated heterocycles. The third kappa shape index (κ3) is 1.16. The van der Waals surface area contributed by atoms with Crippen LogP contribution >= 0.6 is 12.4 Å². The van der Waals surface area contributed by atoms with Crippen LogP contribution < -0.4 is 5.43 Å². The summed E-state index contributed by atoms with van der Waals surface area (Å²) in [6, 6.07) is 0. The van der Waals surface area contributed by atoms with E-state index in [1.54, 1.807) is 0 Å². The fraction of sp³-hybridized carbons (Fsp3) is 0.833. The van der Waals surface area contributed by atoms with Gasteiger partial charge in [0, 0.05) is 0 Å². The molecule has 11 heavy (non-hydrogen) atoms. The maximum absolute atomic E-state index is 10.3. The van der Waals surface area contributed by atoms with Gasteiger partial charge in [0.05, 0.1) is 12.1 Å². The molecule has 0 aromatic rings. The van der Waals surface area contributed by atoms with Crippen molar-refractivity contribution in [3.05, 3.63) is 0 Å². The molecule has 1 aliphatic heterocycles. The Hall–Kier alpha value is -0.480. The lowest BCUT2D eigenvalue weighted by atomic mass is 9.75. The number of amides is 1. The topological polar surface area (TPSA) is 52.6 Å². The molecular formula is C6H11ClN2O2. The molecule has 64 valence electrons. The van der Waals surface area contributed by atoms with E-state index >= 15 is 0 Å². The number of hydrazine groups is 1. The molecule has 0 unspecified atom stereocenters. The van der Waals surface area contributed by atoms with E-state index in [-0.39, 0.29) is 17.9 Å². The van der Waals surface area contributed by atoms with Gasteiger partial charge < -0.3 is 5.11 Å². The van der Waals surface area contributed by atoms with Crippen molar-refractivity contribution in [1.29, 1.82) is 0 Å². The predicted molar refractivity (Wildman–Crippen MR) is 41.7 cm³/mol. The standard InChI is InChI=1S/C6H10N2O2.ClH/c9-5(10)8-4-6(7-8)2-1-3-6;/h7H,1-4H2,(H,9,10);1H. The molecule has 1 aliphatic carbocycles. The van der Waals surface area contributed by atoms with Crippen molar-refractivity contribution < 1.29 is 9.90 Å². The van der Waals surface area contributed by atoms with Crippen molar-refractivity contribution in [3.8, 4) is 0 Å². The van der Waals surface area contributed by atoms with E-state index in [9.17, 15) is 4.79 Å². The number of carboxylic acid groups (broad SMARTS) is 1. The molecule has 0 bridgehead atoms. The fourth-order valence-corrected chi connectivity index (χ4v) is 1.56. The lowest BCUT2D eigenvalue weighted by Crippen LogP contribution is -2.75. The summed E-state index contributed by atoms with van der Waals surface area (Å²) >= 11 is 0. The van der Waals surface area contributed by atoms with Gasteiger partial charge in [0.25, 0.3) is 0 Å². The predicted octanol–water partition coefficient (Wildman–Crippen LogP) is 0.829. The van der Waals surface area contributed by atoms with Crippen LogP contribution in [0.1, 0.15) is 19.3 Å². The number of hydrogen-bond donors (Lipinski definition) is 2. The second-order valence-electron chi connectivity index (χ2n) is 3.11. The molecule has 2 fully saturated rings. The third-order valence-electron chi connectivity index (χ3n) is 2.37. The van der Waals surface area contributed by atoms with Crippen molar-refractivity contribution in [2.24, 2.45) is 0 Å². The van der Waals surface area contributed by atoms with E-state index in [0.717, 1.165) is 12.8 Å². The number of halogens is 1. The highest BCUT2D eigenvalue weighted by Gasteiger charge is 2.48. The molecule has 1 amide bonds. The van der Waals surface area contributed by atoms with Crippen molar-refractivity contribution in [2.75, 3.05) is 6.54 Å². The quantitative estimate of drug-likeness (QED) is 0.578. The van der Waals surface area contributed by atoms with Gasteiger partial charge in [-0.15, -0.1) is 12.4 Å². The summed E-state index contributed by atoms with van der Waals surface area (Å²) in [4.78, 5) is 10.3. The normalized spacial score (nSPS) is 24.9. The minimum Gasteiger partial charge on any atom is -0.464 e. The van der Waals surface area contributed by atoms with Gasteiger partial charge in [-0.05, 0) is 19.3 Å². The van der Waals surface area contributed by atoms with Gasteiger partial charge in [-0.1, -0.05) is 0 Å². The Kier molecular flexibility index (Phi) is 1.98. The first-order valence-electron chi connectivity index (χ1n) is 3.50. The van der Waals surface area contributed by atoms with Crippen LogP contribution in [0, 0.1) is 0 Å². The summed E-state index contributed by atoms with van der Waals surface area (Å²) in [5, 5.41) is 9.70. The van der Waals surface area contributed by atoms with Crippen LogP contribution in [0.3, 0.4) is 0 Å². The second-order valence-corrected chi connectivity index (χ2v) is 3.11. The minimum atomic E-state index is -0.863. The maximum atomic E-state index is 10.3. The Balaban J connectivity index is 0.000000605.